The van der Waals surface area contributed by atoms with Crippen LogP contribution in [0.25, 0.3) is 0 Å². The highest BCUT2D eigenvalue weighted by Gasteiger charge is 2.08. The zero-order valence-corrected chi connectivity index (χ0v) is 16.4. The van der Waals surface area contributed by atoms with Gasteiger partial charge in [-0.3, -0.25) is 5.43 Å². The average Bonchev–Trinajstić information content (AvgIpc) is 2.65. The predicted molar refractivity (Wildman–Crippen MR) is 111 cm³/mol. The molecule has 5 nitrogen and oxygen atoms in total. The van der Waals surface area contributed by atoms with Crippen molar-refractivity contribution in [3.63, 3.8) is 0 Å². The summed E-state index contributed by atoms with van der Waals surface area (Å²) in [6.07, 6.45) is 0.857. The van der Waals surface area contributed by atoms with Crippen molar-refractivity contribution in [2.75, 3.05) is 19.5 Å². The molecule has 0 amide bonds. The number of nitrogens with one attached hydrogen (secondary N) is 2. The molecule has 2 aromatic carbocycles. The molecule has 0 aromatic heterocycles. The summed E-state index contributed by atoms with van der Waals surface area (Å²) in [5, 5.41) is 8.03. The van der Waals surface area contributed by atoms with Crippen LogP contribution in [0.2, 0.25) is 0 Å². The lowest BCUT2D eigenvalue weighted by Gasteiger charge is -2.13. The number of hydrogen-bond donors (Lipinski definition) is 2. The van der Waals surface area contributed by atoms with Crippen molar-refractivity contribution in [1.82, 2.24) is 5.43 Å². The minimum absolute atomic E-state index is 0.411. The summed E-state index contributed by atoms with van der Waals surface area (Å²) in [4.78, 5) is 0. The van der Waals surface area contributed by atoms with Crippen LogP contribution < -0.4 is 20.2 Å². The third-order valence-corrected chi connectivity index (χ3v) is 3.84. The van der Waals surface area contributed by atoms with Crippen LogP contribution in [0.1, 0.15) is 25.8 Å². The third kappa shape index (κ3) is 5.74. The van der Waals surface area contributed by atoms with E-state index in [0.717, 1.165) is 23.4 Å². The molecular formula is C20H25N3O2S. The van der Waals surface area contributed by atoms with Gasteiger partial charge in [-0.2, -0.15) is 5.10 Å². The van der Waals surface area contributed by atoms with E-state index >= 15 is 0 Å². The summed E-state index contributed by atoms with van der Waals surface area (Å²) in [7, 11) is 3.20. The van der Waals surface area contributed by atoms with Crippen LogP contribution >= 0.6 is 12.2 Å². The second-order valence-corrected chi connectivity index (χ2v) is 6.57. The highest BCUT2D eigenvalue weighted by atomic mass is 32.1. The molecule has 0 atom stereocenters. The Kier molecular flexibility index (Phi) is 7.41. The van der Waals surface area contributed by atoms with Crippen LogP contribution in [0.5, 0.6) is 11.5 Å². The second-order valence-electron chi connectivity index (χ2n) is 6.16. The minimum atomic E-state index is 0.411. The van der Waals surface area contributed by atoms with E-state index in [1.54, 1.807) is 14.2 Å². The summed E-state index contributed by atoms with van der Waals surface area (Å²) < 4.78 is 10.5. The highest BCUT2D eigenvalue weighted by molar-refractivity contribution is 7.80. The van der Waals surface area contributed by atoms with Crippen LogP contribution in [-0.4, -0.2) is 25.0 Å². The molecule has 0 heterocycles. The minimum Gasteiger partial charge on any atom is -0.493 e. The normalized spacial score (nSPS) is 11.2. The van der Waals surface area contributed by atoms with Crippen LogP contribution in [0.4, 0.5) is 5.69 Å². The molecule has 138 valence electrons. The van der Waals surface area contributed by atoms with E-state index < -0.39 is 0 Å². The van der Waals surface area contributed by atoms with Crippen molar-refractivity contribution >= 4 is 28.7 Å². The van der Waals surface area contributed by atoms with Crippen molar-refractivity contribution in [1.29, 1.82) is 0 Å². The first kappa shape index (κ1) is 19.7. The van der Waals surface area contributed by atoms with Crippen LogP contribution in [0, 0.1) is 5.92 Å². The van der Waals surface area contributed by atoms with Crippen LogP contribution in [-0.2, 0) is 0 Å². The van der Waals surface area contributed by atoms with Crippen molar-refractivity contribution in [3.05, 3.63) is 54.1 Å². The van der Waals surface area contributed by atoms with E-state index in [1.165, 1.54) is 0 Å². The molecule has 0 saturated carbocycles. The maximum absolute atomic E-state index is 5.36. The number of ether oxygens (including phenoxy) is 2. The lowest BCUT2D eigenvalue weighted by molar-refractivity contribution is 0.355. The molecule has 0 aliphatic carbocycles. The predicted octanol–water partition coefficient (Wildman–Crippen LogP) is 4.44. The van der Waals surface area contributed by atoms with Gasteiger partial charge < -0.3 is 14.8 Å². The van der Waals surface area contributed by atoms with Gasteiger partial charge in [0.1, 0.15) is 0 Å². The van der Waals surface area contributed by atoms with E-state index in [1.807, 2.05) is 48.5 Å². The topological polar surface area (TPSA) is 54.9 Å². The molecule has 6 heteroatoms. The summed E-state index contributed by atoms with van der Waals surface area (Å²) in [6, 6.07) is 15.6. The molecule has 0 aliphatic rings. The molecule has 0 saturated heterocycles. The molecule has 2 N–H and O–H groups in total. The third-order valence-electron chi connectivity index (χ3n) is 3.64. The molecular weight excluding hydrogens is 346 g/mol. The number of hydrogen-bond acceptors (Lipinski definition) is 4. The molecule has 0 aliphatic heterocycles. The van der Waals surface area contributed by atoms with Gasteiger partial charge in [0.05, 0.1) is 19.9 Å². The summed E-state index contributed by atoms with van der Waals surface area (Å²) >= 11 is 5.36. The zero-order chi connectivity index (χ0) is 18.9. The number of thiocarbonyl (C=S) groups is 1. The Hall–Kier alpha value is -2.60. The van der Waals surface area contributed by atoms with Gasteiger partial charge in [-0.15, -0.1) is 0 Å². The first-order valence-electron chi connectivity index (χ1n) is 8.44. The van der Waals surface area contributed by atoms with E-state index in [-0.39, 0.29) is 0 Å². The molecule has 0 bridgehead atoms. The standard InChI is InChI=1S/C20H25N3O2S/c1-14(2)12-17(15-8-6-5-7-9-15)22-23-20(26)21-16-10-11-18(24-3)19(13-16)25-4/h5-11,13-14H,12H2,1-4H3,(H2,21,23,26)/b22-17-. The Balaban J connectivity index is 2.08. The van der Waals surface area contributed by atoms with Gasteiger partial charge in [0.2, 0.25) is 0 Å². The quantitative estimate of drug-likeness (QED) is 0.428. The molecule has 2 rings (SSSR count). The van der Waals surface area contributed by atoms with E-state index in [4.69, 9.17) is 21.7 Å². The number of rotatable bonds is 7. The average molecular weight is 372 g/mol. The molecule has 26 heavy (non-hydrogen) atoms. The van der Waals surface area contributed by atoms with Gasteiger partial charge in [0.15, 0.2) is 16.6 Å². The Labute approximate surface area is 160 Å². The monoisotopic (exact) mass is 371 g/mol. The maximum Gasteiger partial charge on any atom is 0.191 e. The fourth-order valence-corrected chi connectivity index (χ4v) is 2.60. The van der Waals surface area contributed by atoms with Gasteiger partial charge in [-0.25, -0.2) is 0 Å². The van der Waals surface area contributed by atoms with Crippen LogP contribution in [0.3, 0.4) is 0 Å². The van der Waals surface area contributed by atoms with Crippen molar-refractivity contribution in [3.8, 4) is 11.5 Å². The first-order valence-corrected chi connectivity index (χ1v) is 8.85. The Morgan fingerprint density at radius 3 is 2.35 bits per heavy atom. The number of nitrogens with zero attached hydrogens (tertiary/aromatic N) is 1. The first-order chi connectivity index (χ1) is 12.5. The zero-order valence-electron chi connectivity index (χ0n) is 15.6. The summed E-state index contributed by atoms with van der Waals surface area (Å²) in [6.45, 7) is 4.33. The van der Waals surface area contributed by atoms with Gasteiger partial charge in [0.25, 0.3) is 0 Å². The van der Waals surface area contributed by atoms with Crippen molar-refractivity contribution < 1.29 is 9.47 Å². The molecule has 0 unspecified atom stereocenters. The molecule has 0 radical (unpaired) electrons. The van der Waals surface area contributed by atoms with Gasteiger partial charge >= 0.3 is 0 Å². The van der Waals surface area contributed by atoms with E-state index in [2.05, 4.69) is 29.7 Å². The number of anilines is 1. The van der Waals surface area contributed by atoms with E-state index in [0.29, 0.717) is 22.5 Å². The Bertz CT molecular complexity index is 761. The van der Waals surface area contributed by atoms with Gasteiger partial charge in [-0.1, -0.05) is 44.2 Å². The number of benzene rings is 2. The van der Waals surface area contributed by atoms with Crippen molar-refractivity contribution in [2.45, 2.75) is 20.3 Å². The second kappa shape index (κ2) is 9.77. The number of hydrazone groups is 1. The molecule has 2 aromatic rings. The van der Waals surface area contributed by atoms with Crippen LogP contribution in [0.15, 0.2) is 53.6 Å². The lowest BCUT2D eigenvalue weighted by Crippen LogP contribution is -2.25. The van der Waals surface area contributed by atoms with Crippen molar-refractivity contribution in [2.24, 2.45) is 11.0 Å². The number of methoxy groups -OCH3 is 2. The Morgan fingerprint density at radius 1 is 1.04 bits per heavy atom. The van der Waals surface area contributed by atoms with Gasteiger partial charge in [-0.05, 0) is 42.3 Å². The lowest BCUT2D eigenvalue weighted by atomic mass is 10.0. The van der Waals surface area contributed by atoms with Gasteiger partial charge in [0, 0.05) is 11.8 Å². The fraction of sp³-hybridized carbons (Fsp3) is 0.300. The molecule has 0 fully saturated rings. The SMILES string of the molecule is COc1ccc(NC(=S)N/N=C(/CC(C)C)c2ccccc2)cc1OC. The Morgan fingerprint density at radius 2 is 1.73 bits per heavy atom. The smallest absolute Gasteiger partial charge is 0.191 e. The largest absolute Gasteiger partial charge is 0.493 e. The fourth-order valence-electron chi connectivity index (χ4n) is 2.44. The molecule has 0 spiro atoms. The maximum atomic E-state index is 5.36. The van der Waals surface area contributed by atoms with E-state index in [9.17, 15) is 0 Å². The summed E-state index contributed by atoms with van der Waals surface area (Å²) in [5.74, 6) is 1.79. The summed E-state index contributed by atoms with van der Waals surface area (Å²) in [5.41, 5.74) is 5.78. The highest BCUT2D eigenvalue weighted by Crippen LogP contribution is 2.29.